The molecule has 1 aliphatic heterocycles. The van der Waals surface area contributed by atoms with E-state index >= 15 is 0 Å². The lowest BCUT2D eigenvalue weighted by Crippen LogP contribution is -2.33. The number of hydrogen-bond donors (Lipinski definition) is 1. The van der Waals surface area contributed by atoms with Gasteiger partial charge in [0.1, 0.15) is 0 Å². The molecular formula is C15H29NO. The van der Waals surface area contributed by atoms with Crippen molar-refractivity contribution in [1.29, 1.82) is 0 Å². The van der Waals surface area contributed by atoms with Crippen LogP contribution in [0, 0.1) is 5.92 Å². The van der Waals surface area contributed by atoms with Gasteiger partial charge in [0.05, 0.1) is 11.7 Å². The molecule has 2 fully saturated rings. The second-order valence-corrected chi connectivity index (χ2v) is 6.01. The van der Waals surface area contributed by atoms with Crippen LogP contribution < -0.4 is 5.32 Å². The highest BCUT2D eigenvalue weighted by Crippen LogP contribution is 2.43. The van der Waals surface area contributed by atoms with Crippen LogP contribution >= 0.6 is 0 Å². The van der Waals surface area contributed by atoms with Gasteiger partial charge in [-0.1, -0.05) is 39.5 Å². The van der Waals surface area contributed by atoms with E-state index in [1.165, 1.54) is 57.9 Å². The van der Waals surface area contributed by atoms with E-state index in [0.29, 0.717) is 11.7 Å². The Labute approximate surface area is 107 Å². The van der Waals surface area contributed by atoms with E-state index in [-0.39, 0.29) is 0 Å². The summed E-state index contributed by atoms with van der Waals surface area (Å²) < 4.78 is 6.30. The molecule has 1 spiro atoms. The van der Waals surface area contributed by atoms with E-state index in [4.69, 9.17) is 4.74 Å². The molecule has 17 heavy (non-hydrogen) atoms. The van der Waals surface area contributed by atoms with Crippen molar-refractivity contribution in [2.24, 2.45) is 5.92 Å². The van der Waals surface area contributed by atoms with Gasteiger partial charge in [0.15, 0.2) is 0 Å². The summed E-state index contributed by atoms with van der Waals surface area (Å²) in [4.78, 5) is 0. The molecule has 0 radical (unpaired) electrons. The lowest BCUT2D eigenvalue weighted by Gasteiger charge is -2.24. The van der Waals surface area contributed by atoms with E-state index in [1.807, 2.05) is 0 Å². The summed E-state index contributed by atoms with van der Waals surface area (Å²) in [6.45, 7) is 6.81. The van der Waals surface area contributed by atoms with Gasteiger partial charge in [0.25, 0.3) is 0 Å². The molecule has 2 heteroatoms. The predicted octanol–water partition coefficient (Wildman–Crippen LogP) is 3.50. The highest BCUT2D eigenvalue weighted by molar-refractivity contribution is 4.93. The standard InChI is InChI=1S/C15H29NO/c1-3-13(4-2)11-16-12-14-7-10-15(17-14)8-5-6-9-15/h13-14,16H,3-12H2,1-2H3. The maximum atomic E-state index is 6.30. The monoisotopic (exact) mass is 239 g/mol. The van der Waals surface area contributed by atoms with Crippen LogP contribution in [0.5, 0.6) is 0 Å². The maximum Gasteiger partial charge on any atom is 0.0708 e. The van der Waals surface area contributed by atoms with Crippen LogP contribution in [0.1, 0.15) is 65.2 Å². The van der Waals surface area contributed by atoms with Gasteiger partial charge in [-0.25, -0.2) is 0 Å². The zero-order valence-corrected chi connectivity index (χ0v) is 11.6. The molecule has 2 aliphatic rings. The van der Waals surface area contributed by atoms with E-state index < -0.39 is 0 Å². The molecule has 100 valence electrons. The van der Waals surface area contributed by atoms with Crippen LogP contribution in [-0.2, 0) is 4.74 Å². The minimum absolute atomic E-state index is 0.307. The maximum absolute atomic E-state index is 6.30. The average Bonchev–Trinajstić information content (AvgIpc) is 2.96. The largest absolute Gasteiger partial charge is 0.370 e. The fourth-order valence-electron chi connectivity index (χ4n) is 3.45. The third-order valence-corrected chi connectivity index (χ3v) is 4.81. The summed E-state index contributed by atoms with van der Waals surface area (Å²) in [5, 5.41) is 3.61. The van der Waals surface area contributed by atoms with Crippen molar-refractivity contribution >= 4 is 0 Å². The summed E-state index contributed by atoms with van der Waals surface area (Å²) >= 11 is 0. The third-order valence-electron chi connectivity index (χ3n) is 4.81. The number of ether oxygens (including phenoxy) is 1. The Bertz CT molecular complexity index is 219. The topological polar surface area (TPSA) is 21.3 Å². The number of nitrogens with one attached hydrogen (secondary N) is 1. The highest BCUT2D eigenvalue weighted by atomic mass is 16.5. The van der Waals surface area contributed by atoms with Crippen LogP contribution in [0.2, 0.25) is 0 Å². The molecule has 1 saturated carbocycles. The van der Waals surface area contributed by atoms with E-state index in [9.17, 15) is 0 Å². The van der Waals surface area contributed by atoms with Crippen LogP contribution in [0.25, 0.3) is 0 Å². The number of rotatable bonds is 6. The fraction of sp³-hybridized carbons (Fsp3) is 1.00. The SMILES string of the molecule is CCC(CC)CNCC1CCC2(CCCC2)O1. The Morgan fingerprint density at radius 3 is 2.53 bits per heavy atom. The van der Waals surface area contributed by atoms with Gasteiger partial charge in [-0.15, -0.1) is 0 Å². The van der Waals surface area contributed by atoms with Gasteiger partial charge in [-0.2, -0.15) is 0 Å². The summed E-state index contributed by atoms with van der Waals surface area (Å²) in [6, 6.07) is 0. The van der Waals surface area contributed by atoms with Crippen molar-refractivity contribution in [3.63, 3.8) is 0 Å². The van der Waals surface area contributed by atoms with Gasteiger partial charge in [-0.3, -0.25) is 0 Å². The zero-order valence-electron chi connectivity index (χ0n) is 11.6. The van der Waals surface area contributed by atoms with Gasteiger partial charge in [0.2, 0.25) is 0 Å². The lowest BCUT2D eigenvalue weighted by atomic mass is 9.98. The first-order valence-corrected chi connectivity index (χ1v) is 7.66. The summed E-state index contributed by atoms with van der Waals surface area (Å²) in [5.41, 5.74) is 0.307. The molecule has 0 aromatic rings. The second kappa shape index (κ2) is 6.19. The quantitative estimate of drug-likeness (QED) is 0.766. The first kappa shape index (κ1) is 13.4. The van der Waals surface area contributed by atoms with Crippen molar-refractivity contribution in [2.45, 2.75) is 76.9 Å². The molecule has 2 rings (SSSR count). The Morgan fingerprint density at radius 2 is 1.88 bits per heavy atom. The summed E-state index contributed by atoms with van der Waals surface area (Å²) in [7, 11) is 0. The first-order valence-electron chi connectivity index (χ1n) is 7.66. The highest BCUT2D eigenvalue weighted by Gasteiger charge is 2.41. The average molecular weight is 239 g/mol. The van der Waals surface area contributed by atoms with E-state index in [2.05, 4.69) is 19.2 Å². The molecule has 1 saturated heterocycles. The van der Waals surface area contributed by atoms with Crippen molar-refractivity contribution < 1.29 is 4.74 Å². The minimum atomic E-state index is 0.307. The van der Waals surface area contributed by atoms with Gasteiger partial charge < -0.3 is 10.1 Å². The van der Waals surface area contributed by atoms with E-state index in [1.54, 1.807) is 0 Å². The van der Waals surface area contributed by atoms with Crippen LogP contribution in [0.4, 0.5) is 0 Å². The number of hydrogen-bond acceptors (Lipinski definition) is 2. The Morgan fingerprint density at radius 1 is 1.18 bits per heavy atom. The molecule has 1 N–H and O–H groups in total. The Hall–Kier alpha value is -0.0800. The summed E-state index contributed by atoms with van der Waals surface area (Å²) in [6.07, 6.45) is 11.0. The fourth-order valence-corrected chi connectivity index (χ4v) is 3.45. The van der Waals surface area contributed by atoms with Gasteiger partial charge >= 0.3 is 0 Å². The van der Waals surface area contributed by atoms with Gasteiger partial charge in [-0.05, 0) is 38.1 Å². The molecule has 0 aromatic heterocycles. The van der Waals surface area contributed by atoms with Gasteiger partial charge in [0, 0.05) is 6.54 Å². The van der Waals surface area contributed by atoms with Crippen LogP contribution in [0.3, 0.4) is 0 Å². The second-order valence-electron chi connectivity index (χ2n) is 6.01. The van der Waals surface area contributed by atoms with Crippen molar-refractivity contribution in [2.75, 3.05) is 13.1 Å². The van der Waals surface area contributed by atoms with Crippen molar-refractivity contribution in [1.82, 2.24) is 5.32 Å². The molecule has 0 bridgehead atoms. The third kappa shape index (κ3) is 3.45. The molecule has 0 amide bonds. The molecule has 1 heterocycles. The van der Waals surface area contributed by atoms with Crippen LogP contribution in [-0.4, -0.2) is 24.8 Å². The predicted molar refractivity (Wildman–Crippen MR) is 72.2 cm³/mol. The van der Waals surface area contributed by atoms with Crippen molar-refractivity contribution in [3.05, 3.63) is 0 Å². The zero-order chi connectivity index (χ0) is 12.1. The normalized spacial score (nSPS) is 27.4. The molecular weight excluding hydrogens is 210 g/mol. The van der Waals surface area contributed by atoms with Crippen LogP contribution in [0.15, 0.2) is 0 Å². The minimum Gasteiger partial charge on any atom is -0.370 e. The smallest absolute Gasteiger partial charge is 0.0708 e. The van der Waals surface area contributed by atoms with Crippen molar-refractivity contribution in [3.8, 4) is 0 Å². The molecule has 2 nitrogen and oxygen atoms in total. The van der Waals surface area contributed by atoms with E-state index in [0.717, 1.165) is 12.5 Å². The Kier molecular flexibility index (Phi) is 4.87. The molecule has 1 unspecified atom stereocenters. The lowest BCUT2D eigenvalue weighted by molar-refractivity contribution is -0.0352. The molecule has 0 aromatic carbocycles. The summed E-state index contributed by atoms with van der Waals surface area (Å²) in [5.74, 6) is 0.844. The molecule has 1 aliphatic carbocycles. The first-order chi connectivity index (χ1) is 8.28. The molecule has 1 atom stereocenters. The Balaban J connectivity index is 1.64.